The highest BCUT2D eigenvalue weighted by atomic mass is 32.2. The summed E-state index contributed by atoms with van der Waals surface area (Å²) in [6, 6.07) is 0.145. The maximum atomic E-state index is 11.3. The van der Waals surface area contributed by atoms with Gasteiger partial charge in [0.2, 0.25) is 0 Å². The molecule has 6 heteroatoms. The van der Waals surface area contributed by atoms with Gasteiger partial charge in [-0.05, 0) is 58.5 Å². The Bertz CT molecular complexity index is 387. The van der Waals surface area contributed by atoms with Crippen LogP contribution in [0.1, 0.15) is 45.4 Å². The van der Waals surface area contributed by atoms with Gasteiger partial charge in [0.1, 0.15) is 9.84 Å². The van der Waals surface area contributed by atoms with Crippen molar-refractivity contribution < 1.29 is 8.42 Å². The quantitative estimate of drug-likeness (QED) is 0.545. The van der Waals surface area contributed by atoms with Gasteiger partial charge < -0.3 is 4.90 Å². The molecule has 20 heavy (non-hydrogen) atoms. The van der Waals surface area contributed by atoms with Crippen molar-refractivity contribution in [1.29, 1.82) is 0 Å². The number of nitrogens with two attached hydrogens (primary N) is 1. The molecule has 0 aliphatic heterocycles. The predicted molar refractivity (Wildman–Crippen MR) is 84.1 cm³/mol. The third-order valence-corrected chi connectivity index (χ3v) is 5.92. The van der Waals surface area contributed by atoms with E-state index in [9.17, 15) is 8.42 Å². The van der Waals surface area contributed by atoms with E-state index in [0.717, 1.165) is 25.2 Å². The Balaban J connectivity index is 2.72. The van der Waals surface area contributed by atoms with Gasteiger partial charge in [-0.1, -0.05) is 6.92 Å². The van der Waals surface area contributed by atoms with Crippen molar-refractivity contribution >= 4 is 9.84 Å². The second kappa shape index (κ2) is 7.20. The molecule has 1 aliphatic carbocycles. The van der Waals surface area contributed by atoms with E-state index < -0.39 is 9.84 Å². The van der Waals surface area contributed by atoms with Gasteiger partial charge in [-0.3, -0.25) is 11.3 Å². The number of nitrogens with one attached hydrogen (secondary N) is 1. The summed E-state index contributed by atoms with van der Waals surface area (Å²) in [5.74, 6) is 6.80. The first-order valence-electron chi connectivity index (χ1n) is 7.52. The number of hydrogen-bond donors (Lipinski definition) is 2. The van der Waals surface area contributed by atoms with Crippen LogP contribution in [0.3, 0.4) is 0 Å². The van der Waals surface area contributed by atoms with Crippen molar-refractivity contribution in [2.24, 2.45) is 11.8 Å². The second-order valence-corrected chi connectivity index (χ2v) is 8.93. The average molecular weight is 305 g/mol. The van der Waals surface area contributed by atoms with E-state index in [4.69, 9.17) is 5.84 Å². The smallest absolute Gasteiger partial charge is 0.147 e. The molecule has 1 rings (SSSR count). The number of hydrogen-bond acceptors (Lipinski definition) is 5. The molecule has 0 heterocycles. The number of likely N-dealkylation sites (N-methyl/N-ethyl adjacent to an activating group) is 1. The second-order valence-electron chi connectivity index (χ2n) is 6.67. The zero-order chi connectivity index (χ0) is 15.4. The fourth-order valence-electron chi connectivity index (χ4n) is 3.43. The van der Waals surface area contributed by atoms with Crippen molar-refractivity contribution in [1.82, 2.24) is 10.3 Å². The molecule has 0 saturated heterocycles. The van der Waals surface area contributed by atoms with E-state index in [0.29, 0.717) is 6.42 Å². The molecular formula is C14H31N3O2S. The fraction of sp³-hybridized carbons (Fsp3) is 1.00. The van der Waals surface area contributed by atoms with Crippen molar-refractivity contribution in [3.8, 4) is 0 Å². The highest BCUT2D eigenvalue weighted by Gasteiger charge is 2.42. The molecule has 1 atom stereocenters. The SMILES string of the molecule is CC1CCC(C(CCCS(C)(=O)=O)NN)(N(C)C)CC1. The highest BCUT2D eigenvalue weighted by molar-refractivity contribution is 7.90. The lowest BCUT2D eigenvalue weighted by atomic mass is 9.71. The molecule has 1 fully saturated rings. The van der Waals surface area contributed by atoms with E-state index in [1.54, 1.807) is 0 Å². The minimum absolute atomic E-state index is 0.0543. The summed E-state index contributed by atoms with van der Waals surface area (Å²) in [4.78, 5) is 2.28. The van der Waals surface area contributed by atoms with Crippen LogP contribution in [-0.4, -0.2) is 51.0 Å². The summed E-state index contributed by atoms with van der Waals surface area (Å²) in [6.07, 6.45) is 7.42. The van der Waals surface area contributed by atoms with Crippen LogP contribution in [0.4, 0.5) is 0 Å². The lowest BCUT2D eigenvalue weighted by Gasteiger charge is -2.49. The van der Waals surface area contributed by atoms with Crippen molar-refractivity contribution in [2.75, 3.05) is 26.1 Å². The first kappa shape index (κ1) is 17.9. The lowest BCUT2D eigenvalue weighted by Crippen LogP contribution is -2.62. The van der Waals surface area contributed by atoms with E-state index in [2.05, 4.69) is 31.3 Å². The van der Waals surface area contributed by atoms with Gasteiger partial charge in [0, 0.05) is 23.6 Å². The minimum atomic E-state index is -2.89. The van der Waals surface area contributed by atoms with Gasteiger partial charge >= 0.3 is 0 Å². The molecule has 0 spiro atoms. The number of hydrazine groups is 1. The van der Waals surface area contributed by atoms with Gasteiger partial charge in [0.05, 0.1) is 0 Å². The standard InChI is InChI=1S/C14H31N3O2S/c1-12-7-9-14(10-8-12,17(2)3)13(16-15)6-5-11-20(4,18)19/h12-13,16H,5-11,15H2,1-4H3. The van der Waals surface area contributed by atoms with Crippen molar-refractivity contribution in [2.45, 2.75) is 57.0 Å². The maximum Gasteiger partial charge on any atom is 0.147 e. The molecule has 0 bridgehead atoms. The van der Waals surface area contributed by atoms with E-state index in [1.807, 2.05) is 0 Å². The van der Waals surface area contributed by atoms with E-state index in [-0.39, 0.29) is 17.3 Å². The van der Waals surface area contributed by atoms with Crippen LogP contribution in [0, 0.1) is 5.92 Å². The Hall–Kier alpha value is -0.170. The summed E-state index contributed by atoms with van der Waals surface area (Å²) < 4.78 is 22.5. The van der Waals surface area contributed by atoms with Crippen LogP contribution in [-0.2, 0) is 9.84 Å². The largest absolute Gasteiger partial charge is 0.302 e. The zero-order valence-electron chi connectivity index (χ0n) is 13.4. The summed E-state index contributed by atoms with van der Waals surface area (Å²) in [5.41, 5.74) is 3.01. The Kier molecular flexibility index (Phi) is 6.44. The fourth-order valence-corrected chi connectivity index (χ4v) is 4.12. The first-order valence-corrected chi connectivity index (χ1v) is 9.58. The molecule has 0 aromatic rings. The van der Waals surface area contributed by atoms with Crippen LogP contribution in [0.5, 0.6) is 0 Å². The summed E-state index contributed by atoms with van der Waals surface area (Å²) in [5, 5.41) is 0. The Morgan fingerprint density at radius 1 is 1.35 bits per heavy atom. The van der Waals surface area contributed by atoms with Crippen molar-refractivity contribution in [3.05, 3.63) is 0 Å². The molecule has 120 valence electrons. The monoisotopic (exact) mass is 305 g/mol. The Labute approximate surface area is 124 Å². The van der Waals surface area contributed by atoms with Crippen molar-refractivity contribution in [3.63, 3.8) is 0 Å². The molecule has 0 radical (unpaired) electrons. The average Bonchev–Trinajstić information content (AvgIpc) is 2.35. The summed E-state index contributed by atoms with van der Waals surface area (Å²) >= 11 is 0. The molecule has 0 aromatic carbocycles. The van der Waals surface area contributed by atoms with Crippen LogP contribution >= 0.6 is 0 Å². The predicted octanol–water partition coefficient (Wildman–Crippen LogP) is 1.15. The molecule has 5 nitrogen and oxygen atoms in total. The zero-order valence-corrected chi connectivity index (χ0v) is 14.2. The number of rotatable bonds is 7. The van der Waals surface area contributed by atoms with Crippen LogP contribution in [0.2, 0.25) is 0 Å². The van der Waals surface area contributed by atoms with Gasteiger partial charge in [-0.2, -0.15) is 0 Å². The van der Waals surface area contributed by atoms with Gasteiger partial charge in [-0.15, -0.1) is 0 Å². The summed E-state index contributed by atoms with van der Waals surface area (Å²) in [7, 11) is 1.33. The van der Waals surface area contributed by atoms with Crippen LogP contribution in [0.15, 0.2) is 0 Å². The number of nitrogens with zero attached hydrogens (tertiary/aromatic N) is 1. The third kappa shape index (κ3) is 4.69. The highest BCUT2D eigenvalue weighted by Crippen LogP contribution is 2.38. The topological polar surface area (TPSA) is 75.4 Å². The molecule has 1 aliphatic rings. The molecule has 1 saturated carbocycles. The molecular weight excluding hydrogens is 274 g/mol. The molecule has 3 N–H and O–H groups in total. The maximum absolute atomic E-state index is 11.3. The van der Waals surface area contributed by atoms with Gasteiger partial charge in [0.25, 0.3) is 0 Å². The van der Waals surface area contributed by atoms with Gasteiger partial charge in [-0.25, -0.2) is 8.42 Å². The van der Waals surface area contributed by atoms with E-state index >= 15 is 0 Å². The molecule has 0 aromatic heterocycles. The van der Waals surface area contributed by atoms with Gasteiger partial charge in [0.15, 0.2) is 0 Å². The minimum Gasteiger partial charge on any atom is -0.302 e. The Morgan fingerprint density at radius 2 is 1.90 bits per heavy atom. The lowest BCUT2D eigenvalue weighted by molar-refractivity contribution is 0.0401. The number of sulfone groups is 1. The molecule has 1 unspecified atom stereocenters. The third-order valence-electron chi connectivity index (χ3n) is 4.89. The van der Waals surface area contributed by atoms with Crippen LogP contribution < -0.4 is 11.3 Å². The summed E-state index contributed by atoms with van der Waals surface area (Å²) in [6.45, 7) is 2.30. The normalized spacial score (nSPS) is 29.6. The Morgan fingerprint density at radius 3 is 2.30 bits per heavy atom. The van der Waals surface area contributed by atoms with E-state index in [1.165, 1.54) is 19.1 Å². The molecule has 0 amide bonds. The van der Waals surface area contributed by atoms with Crippen LogP contribution in [0.25, 0.3) is 0 Å². The first-order chi connectivity index (χ1) is 9.21.